The molecule has 0 radical (unpaired) electrons. The molecule has 0 aromatic rings. The Morgan fingerprint density at radius 2 is 0.833 bits per heavy atom. The first-order valence-electron chi connectivity index (χ1n) is 28.2. The van der Waals surface area contributed by atoms with Crippen LogP contribution in [0.5, 0.6) is 0 Å². The second kappa shape index (κ2) is 50.1. The first kappa shape index (κ1) is 64.7. The normalized spacial score (nSPS) is 13.7. The summed E-state index contributed by atoms with van der Waals surface area (Å²) >= 11 is 0. The van der Waals surface area contributed by atoms with Crippen LogP contribution in [-0.2, 0) is 27.9 Å². The Kier molecular flexibility index (Phi) is 49.1. The average Bonchev–Trinajstić information content (AvgIpc) is 3.28. The Hall–Kier alpha value is -1.28. The van der Waals surface area contributed by atoms with Crippen LogP contribution in [-0.4, -0.2) is 75.6 Å². The van der Waals surface area contributed by atoms with Gasteiger partial charge in [0.2, 0.25) is 0 Å². The summed E-state index contributed by atoms with van der Waals surface area (Å²) in [5, 5.41) is 0. The Labute approximate surface area is 410 Å². The number of carbonyl (C=O) groups excluding carboxylic acids is 1. The molecule has 0 saturated heterocycles. The van der Waals surface area contributed by atoms with E-state index in [0.29, 0.717) is 24.1 Å². The number of hydrogen-bond acceptors (Lipinski definition) is 6. The maximum atomic E-state index is 12.8. The predicted molar refractivity (Wildman–Crippen MR) is 284 cm³/mol. The van der Waals surface area contributed by atoms with E-state index in [1.54, 1.807) is 0 Å². The zero-order valence-corrected chi connectivity index (χ0v) is 45.3. The molecule has 1 N–H and O–H groups in total. The fourth-order valence-corrected chi connectivity index (χ4v) is 8.83. The molecule has 0 aromatic heterocycles. The number of phosphoric acid groups is 1. The summed E-state index contributed by atoms with van der Waals surface area (Å²) in [4.78, 5) is 23.0. The van der Waals surface area contributed by atoms with E-state index in [9.17, 15) is 14.3 Å². The van der Waals surface area contributed by atoms with Crippen LogP contribution in [0.2, 0.25) is 0 Å². The van der Waals surface area contributed by atoms with Crippen LogP contribution in [0.15, 0.2) is 36.5 Å². The van der Waals surface area contributed by atoms with E-state index in [4.69, 9.17) is 18.5 Å². The summed E-state index contributed by atoms with van der Waals surface area (Å²) in [6.45, 7) is 5.66. The van der Waals surface area contributed by atoms with Crippen molar-refractivity contribution in [1.82, 2.24) is 0 Å². The molecule has 0 fully saturated rings. The number of allylic oxidation sites excluding steroid dienone is 6. The van der Waals surface area contributed by atoms with Crippen molar-refractivity contribution in [3.8, 4) is 0 Å². The van der Waals surface area contributed by atoms with E-state index < -0.39 is 13.9 Å². The van der Waals surface area contributed by atoms with E-state index in [0.717, 1.165) is 44.9 Å². The molecule has 2 unspecified atom stereocenters. The van der Waals surface area contributed by atoms with Crippen molar-refractivity contribution < 1.29 is 37.3 Å². The standard InChI is InChI=1S/C57H110NO7P/c1-6-8-10-12-14-16-18-20-22-24-26-27-28-29-30-31-32-33-35-37-39-41-43-45-47-49-52-62-54-56(55-64-66(60,61)63-53-51-58(3,4)5)65-57(59)50-48-46-44-42-40-38-36-34-25-23-21-19-17-15-13-11-9-7-2/h18,20,24,26,28-29,56H,6-17,19,21-23,25,27,30-55H2,1-5H3/p+1/b20-18-,26-24-,29-28-. The zero-order valence-electron chi connectivity index (χ0n) is 44.4. The number of unbranched alkanes of at least 4 members (excludes halogenated alkanes) is 33. The minimum absolute atomic E-state index is 0.0897. The molecule has 66 heavy (non-hydrogen) atoms. The number of hydrogen-bond donors (Lipinski definition) is 1. The van der Waals surface area contributed by atoms with Crippen molar-refractivity contribution >= 4 is 13.8 Å². The van der Waals surface area contributed by atoms with Gasteiger partial charge in [-0.15, -0.1) is 0 Å². The van der Waals surface area contributed by atoms with Crippen molar-refractivity contribution in [1.29, 1.82) is 0 Å². The van der Waals surface area contributed by atoms with Gasteiger partial charge < -0.3 is 18.9 Å². The van der Waals surface area contributed by atoms with Crippen molar-refractivity contribution in [2.24, 2.45) is 0 Å². The number of likely N-dealkylation sites (N-methyl/N-ethyl adjacent to an activating group) is 1. The summed E-state index contributed by atoms with van der Waals surface area (Å²) in [5.74, 6) is -0.309. The Morgan fingerprint density at radius 1 is 0.470 bits per heavy atom. The molecule has 0 spiro atoms. The molecule has 8 nitrogen and oxygen atoms in total. The number of rotatable bonds is 53. The monoisotopic (exact) mass is 953 g/mol. The van der Waals surface area contributed by atoms with Gasteiger partial charge in [0.25, 0.3) is 0 Å². The number of ether oxygens (including phenoxy) is 2. The van der Waals surface area contributed by atoms with Gasteiger partial charge in [-0.1, -0.05) is 243 Å². The third-order valence-corrected chi connectivity index (χ3v) is 13.4. The van der Waals surface area contributed by atoms with Crippen molar-refractivity contribution in [2.75, 3.05) is 54.1 Å². The SMILES string of the molecule is CCCCCCC/C=C\C/C=C\C/C=C\CCCCCCCCCCCCCOCC(COP(=O)(O)OCC[N+](C)(C)C)OC(=O)CCCCCCCCCCCCCCCCCCCC. The number of phosphoric ester groups is 1. The van der Waals surface area contributed by atoms with Crippen LogP contribution in [0.25, 0.3) is 0 Å². The van der Waals surface area contributed by atoms with Gasteiger partial charge in [-0.25, -0.2) is 4.57 Å². The molecule has 2 atom stereocenters. The fraction of sp³-hybridized carbons (Fsp3) is 0.877. The highest BCUT2D eigenvalue weighted by Gasteiger charge is 2.26. The molecular weight excluding hydrogens is 842 g/mol. The lowest BCUT2D eigenvalue weighted by Crippen LogP contribution is -2.37. The van der Waals surface area contributed by atoms with Crippen LogP contribution in [0.3, 0.4) is 0 Å². The second-order valence-corrected chi connectivity index (χ2v) is 21.8. The van der Waals surface area contributed by atoms with Gasteiger partial charge in [-0.05, 0) is 51.4 Å². The number of esters is 1. The predicted octanol–water partition coefficient (Wildman–Crippen LogP) is 17.7. The number of carbonyl (C=O) groups is 1. The van der Waals surface area contributed by atoms with E-state index in [1.165, 1.54) is 199 Å². The summed E-state index contributed by atoms with van der Waals surface area (Å²) < 4.78 is 35.2. The maximum Gasteiger partial charge on any atom is 0.472 e. The van der Waals surface area contributed by atoms with Gasteiger partial charge in [0.1, 0.15) is 19.3 Å². The summed E-state index contributed by atoms with van der Waals surface area (Å²) in [5.41, 5.74) is 0. The molecule has 0 bridgehead atoms. The summed E-state index contributed by atoms with van der Waals surface area (Å²) in [7, 11) is 1.68. The van der Waals surface area contributed by atoms with Crippen LogP contribution < -0.4 is 0 Å². The minimum Gasteiger partial charge on any atom is -0.457 e. The first-order valence-corrected chi connectivity index (χ1v) is 29.7. The highest BCUT2D eigenvalue weighted by molar-refractivity contribution is 7.47. The first-order chi connectivity index (χ1) is 32.1. The molecular formula is C57H111NO7P+. The average molecular weight is 953 g/mol. The van der Waals surface area contributed by atoms with Crippen molar-refractivity contribution in [3.05, 3.63) is 36.5 Å². The quantitative estimate of drug-likeness (QED) is 0.0213. The fourth-order valence-electron chi connectivity index (χ4n) is 8.09. The third kappa shape index (κ3) is 53.7. The van der Waals surface area contributed by atoms with Gasteiger partial charge in [-0.3, -0.25) is 13.8 Å². The Morgan fingerprint density at radius 3 is 1.24 bits per heavy atom. The van der Waals surface area contributed by atoms with E-state index in [-0.39, 0.29) is 25.8 Å². The van der Waals surface area contributed by atoms with E-state index in [2.05, 4.69) is 50.3 Å². The topological polar surface area (TPSA) is 91.3 Å². The molecule has 390 valence electrons. The lowest BCUT2D eigenvalue weighted by molar-refractivity contribution is -0.870. The summed E-state index contributed by atoms with van der Waals surface area (Å²) in [6.07, 6.45) is 62.0. The Balaban J connectivity index is 4.06. The molecule has 0 aliphatic heterocycles. The molecule has 0 aromatic carbocycles. The molecule has 0 amide bonds. The molecule has 9 heteroatoms. The second-order valence-electron chi connectivity index (χ2n) is 20.3. The molecule has 0 heterocycles. The maximum absolute atomic E-state index is 12.8. The van der Waals surface area contributed by atoms with Crippen LogP contribution in [0.4, 0.5) is 0 Å². The van der Waals surface area contributed by atoms with Crippen LogP contribution in [0.1, 0.15) is 264 Å². The lowest BCUT2D eigenvalue weighted by Gasteiger charge is -2.24. The zero-order chi connectivity index (χ0) is 48.3. The van der Waals surface area contributed by atoms with Crippen LogP contribution in [0, 0.1) is 0 Å². The van der Waals surface area contributed by atoms with Crippen LogP contribution >= 0.6 is 7.82 Å². The highest BCUT2D eigenvalue weighted by atomic mass is 31.2. The highest BCUT2D eigenvalue weighted by Crippen LogP contribution is 2.43. The van der Waals surface area contributed by atoms with Gasteiger partial charge >= 0.3 is 13.8 Å². The molecule has 0 saturated carbocycles. The van der Waals surface area contributed by atoms with Crippen molar-refractivity contribution in [3.63, 3.8) is 0 Å². The van der Waals surface area contributed by atoms with Crippen molar-refractivity contribution in [2.45, 2.75) is 270 Å². The van der Waals surface area contributed by atoms with Gasteiger partial charge in [0, 0.05) is 13.0 Å². The third-order valence-electron chi connectivity index (χ3n) is 12.5. The molecule has 0 aliphatic carbocycles. The van der Waals surface area contributed by atoms with Gasteiger partial charge in [0.05, 0.1) is 34.4 Å². The summed E-state index contributed by atoms with van der Waals surface area (Å²) in [6, 6.07) is 0. The number of quaternary nitrogens is 1. The van der Waals surface area contributed by atoms with E-state index >= 15 is 0 Å². The largest absolute Gasteiger partial charge is 0.472 e. The molecule has 0 rings (SSSR count). The Bertz CT molecular complexity index is 1150. The molecule has 0 aliphatic rings. The van der Waals surface area contributed by atoms with E-state index in [1.807, 2.05) is 21.1 Å². The minimum atomic E-state index is -4.28. The van der Waals surface area contributed by atoms with Gasteiger partial charge in [-0.2, -0.15) is 0 Å². The number of nitrogens with zero attached hydrogens (tertiary/aromatic N) is 1. The smallest absolute Gasteiger partial charge is 0.457 e. The lowest BCUT2D eigenvalue weighted by atomic mass is 10.0. The van der Waals surface area contributed by atoms with Gasteiger partial charge in [0.15, 0.2) is 0 Å².